The molecule has 4 heteroatoms. The number of nitrogens with zero attached hydrogens (tertiary/aromatic N) is 3. The zero-order chi connectivity index (χ0) is 12.1. The molecule has 4 nitrogen and oxygen atoms in total. The Balaban J connectivity index is 2.59. The van der Waals surface area contributed by atoms with Crippen LogP contribution in [-0.4, -0.2) is 44.1 Å². The normalized spacial score (nSPS) is 12.9. The van der Waals surface area contributed by atoms with Crippen LogP contribution in [0.15, 0.2) is 18.3 Å². The molecule has 2 N–H and O–H groups in total. The SMILES string of the molecule is C[C@@H](N)c1ccc(N(C)CCN(C)C)nc1. The van der Waals surface area contributed by atoms with Crippen LogP contribution in [0, 0.1) is 0 Å². The van der Waals surface area contributed by atoms with Gasteiger partial charge in [-0.15, -0.1) is 0 Å². The van der Waals surface area contributed by atoms with E-state index in [2.05, 4.69) is 35.9 Å². The van der Waals surface area contributed by atoms with Crippen LogP contribution in [0.2, 0.25) is 0 Å². The predicted octanol–water partition coefficient (Wildman–Crippen LogP) is 1.10. The topological polar surface area (TPSA) is 45.4 Å². The molecule has 0 aliphatic rings. The number of hydrogen-bond acceptors (Lipinski definition) is 4. The molecule has 0 amide bonds. The summed E-state index contributed by atoms with van der Waals surface area (Å²) in [5, 5.41) is 0. The molecule has 0 unspecified atom stereocenters. The van der Waals surface area contributed by atoms with E-state index in [0.717, 1.165) is 24.5 Å². The maximum atomic E-state index is 5.78. The molecule has 1 rings (SSSR count). The van der Waals surface area contributed by atoms with Crippen molar-refractivity contribution < 1.29 is 0 Å². The summed E-state index contributed by atoms with van der Waals surface area (Å²) >= 11 is 0. The lowest BCUT2D eigenvalue weighted by molar-refractivity contribution is 0.416. The number of anilines is 1. The van der Waals surface area contributed by atoms with Gasteiger partial charge in [0.1, 0.15) is 5.82 Å². The minimum Gasteiger partial charge on any atom is -0.358 e. The highest BCUT2D eigenvalue weighted by molar-refractivity contribution is 5.38. The van der Waals surface area contributed by atoms with Gasteiger partial charge in [0.2, 0.25) is 0 Å². The molecule has 0 aliphatic carbocycles. The van der Waals surface area contributed by atoms with E-state index in [4.69, 9.17) is 5.73 Å². The Kier molecular flexibility index (Phi) is 4.71. The van der Waals surface area contributed by atoms with Gasteiger partial charge in [0.05, 0.1) is 0 Å². The average molecular weight is 222 g/mol. The van der Waals surface area contributed by atoms with Crippen molar-refractivity contribution >= 4 is 5.82 Å². The highest BCUT2D eigenvalue weighted by Gasteiger charge is 2.04. The number of rotatable bonds is 5. The van der Waals surface area contributed by atoms with Crippen LogP contribution in [0.3, 0.4) is 0 Å². The molecule has 0 bridgehead atoms. The molecular formula is C12H22N4. The molecule has 0 fully saturated rings. The maximum Gasteiger partial charge on any atom is 0.128 e. The predicted molar refractivity (Wildman–Crippen MR) is 68.7 cm³/mol. The summed E-state index contributed by atoms with van der Waals surface area (Å²) < 4.78 is 0. The van der Waals surface area contributed by atoms with Gasteiger partial charge in [-0.2, -0.15) is 0 Å². The van der Waals surface area contributed by atoms with Crippen LogP contribution < -0.4 is 10.6 Å². The molecule has 0 spiro atoms. The first-order chi connectivity index (χ1) is 7.50. The Bertz CT molecular complexity index is 305. The first-order valence-electron chi connectivity index (χ1n) is 5.58. The summed E-state index contributed by atoms with van der Waals surface area (Å²) in [5.74, 6) is 0.992. The molecule has 90 valence electrons. The van der Waals surface area contributed by atoms with E-state index < -0.39 is 0 Å². The van der Waals surface area contributed by atoms with Crippen molar-refractivity contribution in [2.75, 3.05) is 39.1 Å². The van der Waals surface area contributed by atoms with Gasteiger partial charge < -0.3 is 15.5 Å². The summed E-state index contributed by atoms with van der Waals surface area (Å²) in [6.07, 6.45) is 1.85. The second-order valence-electron chi connectivity index (χ2n) is 4.46. The van der Waals surface area contributed by atoms with Gasteiger partial charge in [0, 0.05) is 32.4 Å². The van der Waals surface area contributed by atoms with Crippen molar-refractivity contribution in [2.24, 2.45) is 5.73 Å². The summed E-state index contributed by atoms with van der Waals surface area (Å²) in [6, 6.07) is 4.11. The van der Waals surface area contributed by atoms with E-state index in [-0.39, 0.29) is 6.04 Å². The zero-order valence-electron chi connectivity index (χ0n) is 10.6. The van der Waals surface area contributed by atoms with Gasteiger partial charge in [-0.3, -0.25) is 0 Å². The molecule has 0 radical (unpaired) electrons. The fraction of sp³-hybridized carbons (Fsp3) is 0.583. The van der Waals surface area contributed by atoms with Gasteiger partial charge >= 0.3 is 0 Å². The van der Waals surface area contributed by atoms with Crippen LogP contribution in [0.5, 0.6) is 0 Å². The lowest BCUT2D eigenvalue weighted by Gasteiger charge is -2.20. The quantitative estimate of drug-likeness (QED) is 0.810. The van der Waals surface area contributed by atoms with Gasteiger partial charge in [-0.25, -0.2) is 4.98 Å². The van der Waals surface area contributed by atoms with Crippen LogP contribution in [-0.2, 0) is 0 Å². The first kappa shape index (κ1) is 12.9. The van der Waals surface area contributed by atoms with E-state index in [1.807, 2.05) is 25.3 Å². The smallest absolute Gasteiger partial charge is 0.128 e. The molecule has 0 saturated heterocycles. The van der Waals surface area contributed by atoms with Gasteiger partial charge in [0.25, 0.3) is 0 Å². The van der Waals surface area contributed by atoms with Crippen molar-refractivity contribution in [2.45, 2.75) is 13.0 Å². The van der Waals surface area contributed by atoms with Crippen LogP contribution in [0.1, 0.15) is 18.5 Å². The molecule has 1 atom stereocenters. The monoisotopic (exact) mass is 222 g/mol. The third-order valence-corrected chi connectivity index (χ3v) is 2.57. The summed E-state index contributed by atoms with van der Waals surface area (Å²) in [4.78, 5) is 8.71. The molecule has 1 aromatic heterocycles. The van der Waals surface area contributed by atoms with Crippen molar-refractivity contribution in [1.82, 2.24) is 9.88 Å². The van der Waals surface area contributed by atoms with E-state index in [1.165, 1.54) is 0 Å². The van der Waals surface area contributed by atoms with Gasteiger partial charge in [0.15, 0.2) is 0 Å². The number of pyridine rings is 1. The van der Waals surface area contributed by atoms with Crippen LogP contribution in [0.25, 0.3) is 0 Å². The molecule has 0 aliphatic heterocycles. The van der Waals surface area contributed by atoms with Crippen molar-refractivity contribution in [1.29, 1.82) is 0 Å². The second-order valence-corrected chi connectivity index (χ2v) is 4.46. The Labute approximate surface area is 98.1 Å². The largest absolute Gasteiger partial charge is 0.358 e. The molecule has 0 aromatic carbocycles. The Morgan fingerprint density at radius 1 is 1.25 bits per heavy atom. The van der Waals surface area contributed by atoms with E-state index >= 15 is 0 Å². The highest BCUT2D eigenvalue weighted by Crippen LogP contribution is 2.13. The third-order valence-electron chi connectivity index (χ3n) is 2.57. The molecule has 1 heterocycles. The molecular weight excluding hydrogens is 200 g/mol. The van der Waals surface area contributed by atoms with Crippen molar-refractivity contribution in [3.05, 3.63) is 23.9 Å². The summed E-state index contributed by atoms with van der Waals surface area (Å²) in [7, 11) is 6.19. The number of likely N-dealkylation sites (N-methyl/N-ethyl adjacent to an activating group) is 2. The Morgan fingerprint density at radius 2 is 1.94 bits per heavy atom. The Hall–Kier alpha value is -1.13. The molecule has 0 saturated carbocycles. The number of nitrogens with two attached hydrogens (primary N) is 1. The van der Waals surface area contributed by atoms with Gasteiger partial charge in [-0.05, 0) is 32.6 Å². The minimum atomic E-state index is 0.0497. The van der Waals surface area contributed by atoms with Crippen molar-refractivity contribution in [3.63, 3.8) is 0 Å². The average Bonchev–Trinajstić information content (AvgIpc) is 2.26. The maximum absolute atomic E-state index is 5.78. The van der Waals surface area contributed by atoms with Gasteiger partial charge in [-0.1, -0.05) is 6.07 Å². The standard InChI is InChI=1S/C12H22N4/c1-10(13)11-5-6-12(14-9-11)16(4)8-7-15(2)3/h5-6,9-10H,7-8,13H2,1-4H3/t10-/m1/s1. The van der Waals surface area contributed by atoms with Crippen LogP contribution in [0.4, 0.5) is 5.82 Å². The van der Waals surface area contributed by atoms with Crippen LogP contribution >= 0.6 is 0 Å². The van der Waals surface area contributed by atoms with E-state index in [0.29, 0.717) is 0 Å². The Morgan fingerprint density at radius 3 is 2.38 bits per heavy atom. The number of hydrogen-bond donors (Lipinski definition) is 1. The van der Waals surface area contributed by atoms with Crippen molar-refractivity contribution in [3.8, 4) is 0 Å². The lowest BCUT2D eigenvalue weighted by atomic mass is 10.1. The fourth-order valence-electron chi connectivity index (χ4n) is 1.36. The summed E-state index contributed by atoms with van der Waals surface area (Å²) in [6.45, 7) is 3.96. The van der Waals surface area contributed by atoms with E-state index in [1.54, 1.807) is 0 Å². The number of aromatic nitrogens is 1. The first-order valence-corrected chi connectivity index (χ1v) is 5.58. The fourth-order valence-corrected chi connectivity index (χ4v) is 1.36. The summed E-state index contributed by atoms with van der Waals surface area (Å²) in [5.41, 5.74) is 6.85. The second kappa shape index (κ2) is 5.82. The zero-order valence-corrected chi connectivity index (χ0v) is 10.6. The lowest BCUT2D eigenvalue weighted by Crippen LogP contribution is -2.29. The van der Waals surface area contributed by atoms with E-state index in [9.17, 15) is 0 Å². The highest BCUT2D eigenvalue weighted by atomic mass is 15.2. The minimum absolute atomic E-state index is 0.0497. The molecule has 16 heavy (non-hydrogen) atoms. The third kappa shape index (κ3) is 3.79. The molecule has 1 aromatic rings.